The Balaban J connectivity index is 1.41. The molecule has 1 fully saturated rings. The molecule has 1 amide bonds. The molecule has 0 saturated carbocycles. The summed E-state index contributed by atoms with van der Waals surface area (Å²) in [6, 6.07) is 13.9. The third-order valence-electron chi connectivity index (χ3n) is 5.85. The Hall–Kier alpha value is -3.23. The number of rotatable bonds is 4. The molecular formula is C24H25N5O2S. The first-order valence-electron chi connectivity index (χ1n) is 10.7. The van der Waals surface area contributed by atoms with E-state index in [0.717, 1.165) is 36.7 Å². The predicted octanol–water partition coefficient (Wildman–Crippen LogP) is 4.57. The summed E-state index contributed by atoms with van der Waals surface area (Å²) in [5.41, 5.74) is 4.17. The smallest absolute Gasteiger partial charge is 0.259 e. The monoisotopic (exact) mass is 447 g/mol. The number of benzene rings is 1. The van der Waals surface area contributed by atoms with E-state index in [0.29, 0.717) is 28.1 Å². The van der Waals surface area contributed by atoms with Gasteiger partial charge in [0.2, 0.25) is 0 Å². The lowest BCUT2D eigenvalue weighted by Gasteiger charge is -2.34. The number of fused-ring (bicyclic) bond motifs is 1. The standard InChI is InChI=1S/C24H25N5O2S/c1-15-4-9-21(32-15)20-14-19(22-16(2)27-31-24(22)26-20)23(30)25-17-5-7-18(8-6-17)29-12-10-28(3)11-13-29/h4-9,14H,10-13H2,1-3H3,(H,25,30). The molecule has 164 valence electrons. The van der Waals surface area contributed by atoms with Crippen LogP contribution in [-0.4, -0.2) is 54.2 Å². The van der Waals surface area contributed by atoms with Gasteiger partial charge in [0.25, 0.3) is 11.6 Å². The number of hydrogen-bond donors (Lipinski definition) is 1. The van der Waals surface area contributed by atoms with Gasteiger partial charge in [-0.1, -0.05) is 5.16 Å². The maximum Gasteiger partial charge on any atom is 0.259 e. The van der Waals surface area contributed by atoms with Crippen LogP contribution in [0.1, 0.15) is 20.9 Å². The van der Waals surface area contributed by atoms with Crippen molar-refractivity contribution in [3.05, 3.63) is 58.6 Å². The average Bonchev–Trinajstić information content (AvgIpc) is 3.40. The molecule has 1 aliphatic rings. The van der Waals surface area contributed by atoms with Crippen LogP contribution in [0.25, 0.3) is 21.7 Å². The number of nitrogens with one attached hydrogen (secondary N) is 1. The molecule has 4 heterocycles. The molecule has 1 aliphatic heterocycles. The number of aromatic nitrogens is 2. The van der Waals surface area contributed by atoms with Gasteiger partial charge < -0.3 is 19.6 Å². The molecule has 0 atom stereocenters. The van der Waals surface area contributed by atoms with Crippen molar-refractivity contribution >= 4 is 39.7 Å². The van der Waals surface area contributed by atoms with E-state index in [1.165, 1.54) is 10.6 Å². The molecule has 7 nitrogen and oxygen atoms in total. The van der Waals surface area contributed by atoms with Crippen molar-refractivity contribution in [2.24, 2.45) is 0 Å². The summed E-state index contributed by atoms with van der Waals surface area (Å²) >= 11 is 1.63. The van der Waals surface area contributed by atoms with Gasteiger partial charge in [-0.2, -0.15) is 0 Å². The van der Waals surface area contributed by atoms with E-state index in [1.807, 2.05) is 44.2 Å². The number of thiophene rings is 1. The topological polar surface area (TPSA) is 74.5 Å². The van der Waals surface area contributed by atoms with Crippen LogP contribution in [0.5, 0.6) is 0 Å². The number of carbonyl (C=O) groups is 1. The van der Waals surface area contributed by atoms with Crippen LogP contribution in [0.4, 0.5) is 11.4 Å². The zero-order chi connectivity index (χ0) is 22.2. The molecule has 3 aromatic heterocycles. The van der Waals surface area contributed by atoms with Crippen LogP contribution in [0.2, 0.25) is 0 Å². The maximum absolute atomic E-state index is 13.3. The van der Waals surface area contributed by atoms with E-state index >= 15 is 0 Å². The van der Waals surface area contributed by atoms with E-state index in [1.54, 1.807) is 11.3 Å². The van der Waals surface area contributed by atoms with Gasteiger partial charge in [-0.15, -0.1) is 11.3 Å². The van der Waals surface area contributed by atoms with Crippen LogP contribution in [0, 0.1) is 13.8 Å². The van der Waals surface area contributed by atoms with Gasteiger partial charge in [-0.05, 0) is 63.4 Å². The van der Waals surface area contributed by atoms with Gasteiger partial charge in [0.15, 0.2) is 0 Å². The fraction of sp³-hybridized carbons (Fsp3) is 0.292. The number of anilines is 2. The lowest BCUT2D eigenvalue weighted by atomic mass is 10.1. The minimum Gasteiger partial charge on any atom is -0.369 e. The molecular weight excluding hydrogens is 422 g/mol. The van der Waals surface area contributed by atoms with Crippen LogP contribution >= 0.6 is 11.3 Å². The normalized spacial score (nSPS) is 14.8. The maximum atomic E-state index is 13.3. The predicted molar refractivity (Wildman–Crippen MR) is 129 cm³/mol. The summed E-state index contributed by atoms with van der Waals surface area (Å²) in [5.74, 6) is -0.203. The third-order valence-corrected chi connectivity index (χ3v) is 6.87. The molecule has 32 heavy (non-hydrogen) atoms. The van der Waals surface area contributed by atoms with E-state index in [2.05, 4.69) is 44.4 Å². The van der Waals surface area contributed by atoms with Gasteiger partial charge in [-0.3, -0.25) is 4.79 Å². The number of nitrogens with zero attached hydrogens (tertiary/aromatic N) is 4. The van der Waals surface area contributed by atoms with Gasteiger partial charge in [0.1, 0.15) is 0 Å². The molecule has 1 saturated heterocycles. The summed E-state index contributed by atoms with van der Waals surface area (Å²) in [6.07, 6.45) is 0. The molecule has 0 aliphatic carbocycles. The zero-order valence-corrected chi connectivity index (χ0v) is 19.2. The zero-order valence-electron chi connectivity index (χ0n) is 18.4. The second kappa shape index (κ2) is 8.37. The molecule has 1 aromatic carbocycles. The van der Waals surface area contributed by atoms with E-state index < -0.39 is 0 Å². The molecule has 0 bridgehead atoms. The van der Waals surface area contributed by atoms with Gasteiger partial charge in [-0.25, -0.2) is 4.98 Å². The Morgan fingerprint density at radius 1 is 1.06 bits per heavy atom. The average molecular weight is 448 g/mol. The number of amides is 1. The number of hydrogen-bond acceptors (Lipinski definition) is 7. The third kappa shape index (κ3) is 3.99. The van der Waals surface area contributed by atoms with Crippen molar-refractivity contribution in [1.82, 2.24) is 15.0 Å². The molecule has 1 N–H and O–H groups in total. The molecule has 0 unspecified atom stereocenters. The summed E-state index contributed by atoms with van der Waals surface area (Å²) in [7, 11) is 2.15. The van der Waals surface area contributed by atoms with Gasteiger partial charge in [0.05, 0.1) is 27.2 Å². The molecule has 8 heteroatoms. The van der Waals surface area contributed by atoms with Crippen molar-refractivity contribution in [3.63, 3.8) is 0 Å². The largest absolute Gasteiger partial charge is 0.369 e. The Kier molecular flexibility index (Phi) is 5.40. The van der Waals surface area contributed by atoms with Crippen molar-refractivity contribution in [2.75, 3.05) is 43.4 Å². The van der Waals surface area contributed by atoms with E-state index in [4.69, 9.17) is 4.52 Å². The quantitative estimate of drug-likeness (QED) is 0.494. The molecule has 0 radical (unpaired) electrons. The highest BCUT2D eigenvalue weighted by Gasteiger charge is 2.20. The number of aryl methyl sites for hydroxylation is 2. The first kappa shape index (κ1) is 20.7. The van der Waals surface area contributed by atoms with Crippen molar-refractivity contribution < 1.29 is 9.32 Å². The van der Waals surface area contributed by atoms with Gasteiger partial charge in [0, 0.05) is 42.4 Å². The highest BCUT2D eigenvalue weighted by atomic mass is 32.1. The fourth-order valence-electron chi connectivity index (χ4n) is 3.99. The van der Waals surface area contributed by atoms with Crippen LogP contribution in [0.3, 0.4) is 0 Å². The van der Waals surface area contributed by atoms with E-state index in [9.17, 15) is 4.79 Å². The number of pyridine rings is 1. The van der Waals surface area contributed by atoms with Crippen molar-refractivity contribution in [1.29, 1.82) is 0 Å². The van der Waals surface area contributed by atoms with Crippen LogP contribution in [0.15, 0.2) is 47.0 Å². The summed E-state index contributed by atoms with van der Waals surface area (Å²) in [6.45, 7) is 8.00. The SMILES string of the molecule is Cc1ccc(-c2cc(C(=O)Nc3ccc(N4CCN(C)CC4)cc3)c3c(C)noc3n2)s1. The minimum atomic E-state index is -0.203. The first-order valence-corrected chi connectivity index (χ1v) is 11.5. The molecule has 4 aromatic rings. The van der Waals surface area contributed by atoms with Crippen molar-refractivity contribution in [2.45, 2.75) is 13.8 Å². The van der Waals surface area contributed by atoms with Crippen LogP contribution in [-0.2, 0) is 0 Å². The Bertz CT molecular complexity index is 1270. The van der Waals surface area contributed by atoms with Gasteiger partial charge >= 0.3 is 0 Å². The second-order valence-corrected chi connectivity index (χ2v) is 9.49. The minimum absolute atomic E-state index is 0.203. The fourth-order valence-corrected chi connectivity index (χ4v) is 4.82. The highest BCUT2D eigenvalue weighted by Crippen LogP contribution is 2.31. The highest BCUT2D eigenvalue weighted by molar-refractivity contribution is 7.15. The summed E-state index contributed by atoms with van der Waals surface area (Å²) < 4.78 is 5.40. The first-order chi connectivity index (χ1) is 15.5. The number of likely N-dealkylation sites (N-methyl/N-ethyl adjacent to an activating group) is 1. The summed E-state index contributed by atoms with van der Waals surface area (Å²) in [5, 5.41) is 7.71. The molecule has 5 rings (SSSR count). The Morgan fingerprint density at radius 3 is 2.50 bits per heavy atom. The Morgan fingerprint density at radius 2 is 1.81 bits per heavy atom. The Labute approximate surface area is 190 Å². The van der Waals surface area contributed by atoms with Crippen LogP contribution < -0.4 is 10.2 Å². The number of piperazine rings is 1. The number of carbonyl (C=O) groups excluding carboxylic acids is 1. The lowest BCUT2D eigenvalue weighted by molar-refractivity contribution is 0.102. The molecule has 0 spiro atoms. The second-order valence-electron chi connectivity index (χ2n) is 8.20. The lowest BCUT2D eigenvalue weighted by Crippen LogP contribution is -2.44. The van der Waals surface area contributed by atoms with Crippen molar-refractivity contribution in [3.8, 4) is 10.6 Å². The summed E-state index contributed by atoms with van der Waals surface area (Å²) in [4.78, 5) is 24.7. The van der Waals surface area contributed by atoms with E-state index in [-0.39, 0.29) is 5.91 Å².